The molecule has 2 rings (SSSR count). The molecule has 9 heteroatoms. The normalized spacial score (nSPS) is 11.3. The van der Waals surface area contributed by atoms with Crippen LogP contribution in [0.3, 0.4) is 0 Å². The maximum Gasteiger partial charge on any atom is 0.356 e. The predicted octanol–water partition coefficient (Wildman–Crippen LogP) is 1.18. The van der Waals surface area contributed by atoms with Crippen LogP contribution < -0.4 is 4.72 Å². The summed E-state index contributed by atoms with van der Waals surface area (Å²) in [5.41, 5.74) is 1.85. The van der Waals surface area contributed by atoms with Crippen molar-refractivity contribution in [2.75, 3.05) is 11.3 Å². The van der Waals surface area contributed by atoms with Gasteiger partial charge in [0.05, 0.1) is 5.51 Å². The zero-order valence-electron chi connectivity index (χ0n) is 10.7. The van der Waals surface area contributed by atoms with E-state index in [9.17, 15) is 13.2 Å². The van der Waals surface area contributed by atoms with Crippen molar-refractivity contribution in [1.29, 1.82) is 0 Å². The van der Waals surface area contributed by atoms with Gasteiger partial charge in [-0.1, -0.05) is 12.1 Å². The Balaban J connectivity index is 2.25. The van der Waals surface area contributed by atoms with Gasteiger partial charge >= 0.3 is 5.97 Å². The number of anilines is 1. The van der Waals surface area contributed by atoms with E-state index < -0.39 is 21.7 Å². The second kappa shape index (κ2) is 6.20. The fourth-order valence-corrected chi connectivity index (χ4v) is 3.84. The van der Waals surface area contributed by atoms with E-state index in [1.165, 1.54) is 5.51 Å². The summed E-state index contributed by atoms with van der Waals surface area (Å²) in [6.45, 7) is 0.00785. The number of nitrogens with one attached hydrogen (secondary N) is 1. The van der Waals surface area contributed by atoms with Gasteiger partial charge in [0.1, 0.15) is 0 Å². The Bertz CT molecular complexity index is 737. The van der Waals surface area contributed by atoms with Gasteiger partial charge in [0.2, 0.25) is 0 Å². The largest absolute Gasteiger partial charge is 0.476 e. The molecule has 3 N–H and O–H groups in total. The summed E-state index contributed by atoms with van der Waals surface area (Å²) in [4.78, 5) is 14.5. The Morgan fingerprint density at radius 1 is 1.29 bits per heavy atom. The molecule has 112 valence electrons. The molecule has 1 aromatic heterocycles. The highest BCUT2D eigenvalue weighted by Crippen LogP contribution is 2.23. The molecule has 0 bridgehead atoms. The Morgan fingerprint density at radius 2 is 1.95 bits per heavy atom. The third-order valence-corrected chi connectivity index (χ3v) is 5.34. The van der Waals surface area contributed by atoms with Gasteiger partial charge in [-0.15, -0.1) is 11.3 Å². The lowest BCUT2D eigenvalue weighted by atomic mass is 10.1. The number of aliphatic hydroxyl groups excluding tert-OH is 1. The Kier molecular flexibility index (Phi) is 4.56. The van der Waals surface area contributed by atoms with Crippen LogP contribution in [0.4, 0.5) is 5.69 Å². The lowest BCUT2D eigenvalue weighted by Gasteiger charge is -2.07. The zero-order chi connectivity index (χ0) is 15.5. The second-order valence-electron chi connectivity index (χ2n) is 4.07. The molecule has 0 aliphatic rings. The lowest BCUT2D eigenvalue weighted by Crippen LogP contribution is -2.15. The molecule has 0 aliphatic carbocycles. The number of aliphatic hydroxyl groups is 1. The van der Waals surface area contributed by atoms with E-state index in [2.05, 4.69) is 9.71 Å². The van der Waals surface area contributed by atoms with Gasteiger partial charge in [-0.05, 0) is 24.1 Å². The number of benzene rings is 1. The third kappa shape index (κ3) is 3.57. The molecular weight excluding hydrogens is 316 g/mol. The summed E-state index contributed by atoms with van der Waals surface area (Å²) in [6, 6.07) is 6.45. The minimum Gasteiger partial charge on any atom is -0.476 e. The van der Waals surface area contributed by atoms with Gasteiger partial charge < -0.3 is 10.2 Å². The molecule has 0 amide bonds. The first-order valence-corrected chi connectivity index (χ1v) is 8.19. The number of nitrogens with zero attached hydrogens (tertiary/aromatic N) is 1. The number of carboxylic acid groups (broad SMARTS) is 1. The van der Waals surface area contributed by atoms with Crippen LogP contribution in [-0.2, 0) is 16.4 Å². The number of carbonyl (C=O) groups is 1. The minimum absolute atomic E-state index is 0.00785. The number of sulfonamides is 1. The molecule has 0 radical (unpaired) electrons. The van der Waals surface area contributed by atoms with Gasteiger partial charge in [0.15, 0.2) is 9.90 Å². The van der Waals surface area contributed by atoms with Crippen LogP contribution in [0.25, 0.3) is 0 Å². The molecule has 0 saturated heterocycles. The number of aromatic carboxylic acids is 1. The lowest BCUT2D eigenvalue weighted by molar-refractivity contribution is 0.0687. The van der Waals surface area contributed by atoms with Gasteiger partial charge in [-0.25, -0.2) is 18.2 Å². The number of hydrogen-bond donors (Lipinski definition) is 3. The van der Waals surface area contributed by atoms with E-state index in [0.717, 1.165) is 16.9 Å². The van der Waals surface area contributed by atoms with E-state index in [4.69, 9.17) is 10.2 Å². The number of hydrogen-bond acceptors (Lipinski definition) is 6. The van der Waals surface area contributed by atoms with Crippen LogP contribution in [0, 0.1) is 0 Å². The summed E-state index contributed by atoms with van der Waals surface area (Å²) in [5, 5.41) is 17.7. The van der Waals surface area contributed by atoms with Crippen molar-refractivity contribution in [3.8, 4) is 0 Å². The highest BCUT2D eigenvalue weighted by molar-refractivity contribution is 7.94. The smallest absolute Gasteiger partial charge is 0.356 e. The molecule has 0 unspecified atom stereocenters. The fourth-order valence-electron chi connectivity index (χ4n) is 1.64. The van der Waals surface area contributed by atoms with E-state index in [0.29, 0.717) is 12.1 Å². The molecule has 0 aliphatic heterocycles. The molecule has 0 fully saturated rings. The van der Waals surface area contributed by atoms with Crippen molar-refractivity contribution in [2.45, 2.75) is 10.6 Å². The second-order valence-corrected chi connectivity index (χ2v) is 6.80. The van der Waals surface area contributed by atoms with E-state index in [-0.39, 0.29) is 10.8 Å². The van der Waals surface area contributed by atoms with Gasteiger partial charge in [0.25, 0.3) is 10.0 Å². The molecule has 21 heavy (non-hydrogen) atoms. The van der Waals surface area contributed by atoms with Crippen LogP contribution >= 0.6 is 11.3 Å². The maximum atomic E-state index is 12.2. The van der Waals surface area contributed by atoms with Crippen molar-refractivity contribution in [2.24, 2.45) is 0 Å². The van der Waals surface area contributed by atoms with Crippen LogP contribution in [0.15, 0.2) is 34.0 Å². The maximum absolute atomic E-state index is 12.2. The van der Waals surface area contributed by atoms with Gasteiger partial charge in [-0.2, -0.15) is 0 Å². The Morgan fingerprint density at radius 3 is 2.52 bits per heavy atom. The number of aromatic nitrogens is 1. The van der Waals surface area contributed by atoms with Crippen LogP contribution in [0.5, 0.6) is 0 Å². The first kappa shape index (κ1) is 15.4. The van der Waals surface area contributed by atoms with Crippen LogP contribution in [0.2, 0.25) is 0 Å². The summed E-state index contributed by atoms with van der Waals surface area (Å²) < 4.78 is 26.3. The average Bonchev–Trinajstić information content (AvgIpc) is 2.91. The molecule has 7 nitrogen and oxygen atoms in total. The standard InChI is InChI=1S/C12H12N2O5S2/c15-6-5-8-1-3-9(4-2-8)14-21(18,19)12-10(11(16)17)13-7-20-12/h1-4,7,14-15H,5-6H2,(H,16,17). The Labute approximate surface area is 125 Å². The van der Waals surface area contributed by atoms with Crippen molar-refractivity contribution in [3.05, 3.63) is 41.0 Å². The minimum atomic E-state index is -4.00. The van der Waals surface area contributed by atoms with Crippen molar-refractivity contribution >= 4 is 33.0 Å². The molecule has 0 saturated carbocycles. The molecule has 1 heterocycles. The van der Waals surface area contributed by atoms with Crippen molar-refractivity contribution < 1.29 is 23.4 Å². The van der Waals surface area contributed by atoms with Gasteiger partial charge in [0, 0.05) is 12.3 Å². The number of thiazole rings is 1. The topological polar surface area (TPSA) is 117 Å². The van der Waals surface area contributed by atoms with Crippen molar-refractivity contribution in [1.82, 2.24) is 4.98 Å². The SMILES string of the molecule is O=C(O)c1ncsc1S(=O)(=O)Nc1ccc(CCO)cc1. The quantitative estimate of drug-likeness (QED) is 0.733. The molecule has 0 spiro atoms. The molecule has 1 aromatic carbocycles. The third-order valence-electron chi connectivity index (χ3n) is 2.59. The van der Waals surface area contributed by atoms with E-state index in [1.54, 1.807) is 24.3 Å². The summed E-state index contributed by atoms with van der Waals surface area (Å²) in [6.07, 6.45) is 0.477. The summed E-state index contributed by atoms with van der Waals surface area (Å²) in [7, 11) is -4.00. The average molecular weight is 328 g/mol. The monoisotopic (exact) mass is 328 g/mol. The van der Waals surface area contributed by atoms with E-state index >= 15 is 0 Å². The Hall–Kier alpha value is -1.97. The summed E-state index contributed by atoms with van der Waals surface area (Å²) in [5.74, 6) is -1.39. The number of rotatable bonds is 6. The first-order valence-electron chi connectivity index (χ1n) is 5.83. The fraction of sp³-hybridized carbons (Fsp3) is 0.167. The number of carboxylic acids is 1. The summed E-state index contributed by atoms with van der Waals surface area (Å²) >= 11 is 0.740. The predicted molar refractivity (Wildman–Crippen MR) is 77.1 cm³/mol. The molecule has 2 aromatic rings. The van der Waals surface area contributed by atoms with Gasteiger partial charge in [-0.3, -0.25) is 4.72 Å². The van der Waals surface area contributed by atoms with Crippen molar-refractivity contribution in [3.63, 3.8) is 0 Å². The van der Waals surface area contributed by atoms with Crippen LogP contribution in [0.1, 0.15) is 16.1 Å². The van der Waals surface area contributed by atoms with E-state index in [1.807, 2.05) is 0 Å². The molecular formula is C12H12N2O5S2. The highest BCUT2D eigenvalue weighted by atomic mass is 32.2. The molecule has 0 atom stereocenters. The van der Waals surface area contributed by atoms with Crippen LogP contribution in [-0.4, -0.2) is 36.2 Å². The first-order chi connectivity index (χ1) is 9.94. The highest BCUT2D eigenvalue weighted by Gasteiger charge is 2.25. The zero-order valence-corrected chi connectivity index (χ0v) is 12.3.